The molecule has 0 fully saturated rings. The Labute approximate surface area is 224 Å². The van der Waals surface area contributed by atoms with Crippen LogP contribution in [0.3, 0.4) is 0 Å². The monoisotopic (exact) mass is 549 g/mol. The second-order valence-electron chi connectivity index (χ2n) is 10.7. The summed E-state index contributed by atoms with van der Waals surface area (Å²) in [5, 5.41) is 0. The zero-order valence-electron chi connectivity index (χ0n) is 23.9. The largest absolute Gasteiger partial charge is 0.493 e. The van der Waals surface area contributed by atoms with E-state index in [1.807, 2.05) is 36.4 Å². The fourth-order valence-electron chi connectivity index (χ4n) is 3.97. The number of rotatable bonds is 15. The maximum atomic E-state index is 12.7. The molecule has 2 unspecified atom stereocenters. The van der Waals surface area contributed by atoms with Crippen molar-refractivity contribution >= 4 is 23.0 Å². The summed E-state index contributed by atoms with van der Waals surface area (Å²) in [5.74, 6) is 2.55. The van der Waals surface area contributed by atoms with Gasteiger partial charge in [0.1, 0.15) is 12.5 Å². The van der Waals surface area contributed by atoms with Gasteiger partial charge in [0.2, 0.25) is 6.41 Å². The molecule has 0 heterocycles. The van der Waals surface area contributed by atoms with Crippen LogP contribution in [0.1, 0.15) is 11.1 Å². The van der Waals surface area contributed by atoms with Crippen LogP contribution in [0.25, 0.3) is 0 Å². The van der Waals surface area contributed by atoms with E-state index in [0.29, 0.717) is 35.8 Å². The molecule has 2 atom stereocenters. The van der Waals surface area contributed by atoms with Crippen LogP contribution in [0.2, 0.25) is 39.3 Å². The average Bonchev–Trinajstić information content (AvgIpc) is 2.82. The minimum atomic E-state index is -2.05. The van der Waals surface area contributed by atoms with E-state index in [2.05, 4.69) is 39.3 Å². The van der Waals surface area contributed by atoms with Gasteiger partial charge in [-0.3, -0.25) is 9.69 Å². The molecular formula is C27H43NO7Si2. The van der Waals surface area contributed by atoms with Crippen LogP contribution in [0.5, 0.6) is 23.0 Å². The van der Waals surface area contributed by atoms with Gasteiger partial charge in [-0.2, -0.15) is 0 Å². The zero-order chi connectivity index (χ0) is 27.8. The third kappa shape index (κ3) is 9.37. The van der Waals surface area contributed by atoms with Crippen molar-refractivity contribution in [2.45, 2.75) is 64.6 Å². The van der Waals surface area contributed by atoms with Crippen molar-refractivity contribution in [3.63, 3.8) is 0 Å². The molecule has 8 nitrogen and oxygen atoms in total. The van der Waals surface area contributed by atoms with Crippen molar-refractivity contribution < 1.29 is 32.6 Å². The highest BCUT2D eigenvalue weighted by molar-refractivity contribution is 6.70. The summed E-state index contributed by atoms with van der Waals surface area (Å²) in [6.45, 7) is 12.7. The fraction of sp³-hybridized carbons (Fsp3) is 0.519. The summed E-state index contributed by atoms with van der Waals surface area (Å²) in [4.78, 5) is 14.4. The van der Waals surface area contributed by atoms with Crippen LogP contribution < -0.4 is 18.9 Å². The summed E-state index contributed by atoms with van der Waals surface area (Å²) in [7, 11) is 2.32. The molecule has 0 N–H and O–H groups in total. The van der Waals surface area contributed by atoms with Crippen molar-refractivity contribution in [3.05, 3.63) is 47.5 Å². The van der Waals surface area contributed by atoms with E-state index < -0.39 is 29.1 Å². The molecular weight excluding hydrogens is 506 g/mol. The Kier molecular flexibility index (Phi) is 11.0. The number of nitrogens with zero attached hydrogens (tertiary/aromatic N) is 1. The Morgan fingerprint density at radius 2 is 1.00 bits per heavy atom. The van der Waals surface area contributed by atoms with Crippen molar-refractivity contribution in [2.75, 3.05) is 28.4 Å². The molecule has 0 aromatic heterocycles. The smallest absolute Gasteiger partial charge is 0.213 e. The van der Waals surface area contributed by atoms with Gasteiger partial charge in [-0.15, -0.1) is 0 Å². The van der Waals surface area contributed by atoms with Gasteiger partial charge in [0.15, 0.2) is 39.6 Å². The Hall–Kier alpha value is -2.54. The van der Waals surface area contributed by atoms with Crippen LogP contribution >= 0.6 is 0 Å². The minimum absolute atomic E-state index is 0.473. The Morgan fingerprint density at radius 3 is 1.27 bits per heavy atom. The Balaban J connectivity index is 2.48. The number of amides is 1. The first-order valence-corrected chi connectivity index (χ1v) is 19.2. The lowest BCUT2D eigenvalue weighted by atomic mass is 10.1. The van der Waals surface area contributed by atoms with Gasteiger partial charge in [-0.05, 0) is 74.7 Å². The lowest BCUT2D eigenvalue weighted by Crippen LogP contribution is -2.53. The number of hydrogen-bond donors (Lipinski definition) is 0. The molecule has 0 aliphatic heterocycles. The van der Waals surface area contributed by atoms with Crippen LogP contribution in [0.15, 0.2) is 36.4 Å². The van der Waals surface area contributed by atoms with Crippen LogP contribution in [-0.2, 0) is 26.5 Å². The molecule has 2 aromatic rings. The molecule has 1 amide bonds. The van der Waals surface area contributed by atoms with Crippen molar-refractivity contribution in [1.29, 1.82) is 0 Å². The van der Waals surface area contributed by atoms with Crippen molar-refractivity contribution in [3.8, 4) is 23.0 Å². The van der Waals surface area contributed by atoms with E-state index in [9.17, 15) is 4.79 Å². The highest BCUT2D eigenvalue weighted by Crippen LogP contribution is 2.31. The summed E-state index contributed by atoms with van der Waals surface area (Å²) < 4.78 is 35.0. The van der Waals surface area contributed by atoms with E-state index in [1.54, 1.807) is 33.3 Å². The van der Waals surface area contributed by atoms with Crippen LogP contribution in [0.4, 0.5) is 0 Å². The molecule has 2 rings (SSSR count). The number of methoxy groups -OCH3 is 4. The normalized spacial score (nSPS) is 13.5. The standard InChI is InChI=1S/C27H43NO7Si2/c1-30-22-13-11-20(15-24(22)32-3)17-26(34-36(5,6)7)28(19-29)27(35-37(8,9)10)18-21-12-14-23(31-2)25(16-21)33-4/h11-16,19,26-27H,17-18H2,1-10H3. The van der Waals surface area contributed by atoms with Gasteiger partial charge in [-0.1, -0.05) is 12.1 Å². The number of hydrogen-bond acceptors (Lipinski definition) is 7. The molecule has 0 spiro atoms. The summed E-state index contributed by atoms with van der Waals surface area (Å²) in [6, 6.07) is 11.5. The highest BCUT2D eigenvalue weighted by atomic mass is 28.4. The second-order valence-corrected chi connectivity index (χ2v) is 19.6. The van der Waals surface area contributed by atoms with Gasteiger partial charge in [0, 0.05) is 12.8 Å². The molecule has 0 aliphatic rings. The topological polar surface area (TPSA) is 75.7 Å². The van der Waals surface area contributed by atoms with E-state index in [-0.39, 0.29) is 0 Å². The van der Waals surface area contributed by atoms with Crippen LogP contribution in [-0.4, -0.2) is 68.8 Å². The second kappa shape index (κ2) is 13.3. The van der Waals surface area contributed by atoms with Gasteiger partial charge < -0.3 is 27.8 Å². The van der Waals surface area contributed by atoms with E-state index in [4.69, 9.17) is 27.8 Å². The Bertz CT molecular complexity index is 943. The molecule has 0 aliphatic carbocycles. The van der Waals surface area contributed by atoms with Gasteiger partial charge in [0.25, 0.3) is 0 Å². The van der Waals surface area contributed by atoms with Gasteiger partial charge >= 0.3 is 0 Å². The molecule has 2 aromatic carbocycles. The first-order chi connectivity index (χ1) is 17.3. The quantitative estimate of drug-likeness (QED) is 0.169. The predicted octanol–water partition coefficient (Wildman–Crippen LogP) is 5.32. The maximum Gasteiger partial charge on any atom is 0.213 e. The third-order valence-corrected chi connectivity index (χ3v) is 7.44. The minimum Gasteiger partial charge on any atom is -0.493 e. The number of carbonyl (C=O) groups is 1. The zero-order valence-corrected chi connectivity index (χ0v) is 25.9. The van der Waals surface area contributed by atoms with Gasteiger partial charge in [0.05, 0.1) is 28.4 Å². The summed E-state index contributed by atoms with van der Waals surface area (Å²) in [5.41, 5.74) is 1.93. The lowest BCUT2D eigenvalue weighted by Gasteiger charge is -2.40. The highest BCUT2D eigenvalue weighted by Gasteiger charge is 2.34. The first kappa shape index (κ1) is 30.7. The maximum absolute atomic E-state index is 12.7. The summed E-state index contributed by atoms with van der Waals surface area (Å²) in [6.07, 6.45) is 0.742. The molecule has 0 bridgehead atoms. The van der Waals surface area contributed by atoms with Gasteiger partial charge in [-0.25, -0.2) is 0 Å². The Morgan fingerprint density at radius 1 is 0.649 bits per heavy atom. The summed E-state index contributed by atoms with van der Waals surface area (Å²) >= 11 is 0. The van der Waals surface area contributed by atoms with E-state index in [1.165, 1.54) is 0 Å². The fourth-order valence-corrected chi connectivity index (χ4v) is 6.01. The molecule has 0 saturated heterocycles. The molecule has 206 valence electrons. The average molecular weight is 550 g/mol. The molecule has 37 heavy (non-hydrogen) atoms. The first-order valence-electron chi connectivity index (χ1n) is 12.3. The third-order valence-electron chi connectivity index (χ3n) is 5.48. The number of benzene rings is 2. The van der Waals surface area contributed by atoms with E-state index in [0.717, 1.165) is 17.5 Å². The molecule has 0 radical (unpaired) electrons. The van der Waals surface area contributed by atoms with Crippen molar-refractivity contribution in [1.82, 2.24) is 4.90 Å². The SMILES string of the molecule is COc1ccc(CC(O[Si](C)(C)C)N(C=O)C(Cc2ccc(OC)c(OC)c2)O[Si](C)(C)C)cc1OC. The van der Waals surface area contributed by atoms with E-state index >= 15 is 0 Å². The molecule has 10 heteroatoms. The number of carbonyl (C=O) groups excluding carboxylic acids is 1. The lowest BCUT2D eigenvalue weighted by molar-refractivity contribution is -0.141. The number of ether oxygens (including phenoxy) is 4. The molecule has 0 saturated carbocycles. The van der Waals surface area contributed by atoms with Crippen molar-refractivity contribution in [2.24, 2.45) is 0 Å². The van der Waals surface area contributed by atoms with Crippen LogP contribution in [0, 0.1) is 0 Å². The predicted molar refractivity (Wildman–Crippen MR) is 151 cm³/mol.